The van der Waals surface area contributed by atoms with Gasteiger partial charge in [0.15, 0.2) is 0 Å². The monoisotopic (exact) mass is 510 g/mol. The van der Waals surface area contributed by atoms with Crippen molar-refractivity contribution < 1.29 is 22.7 Å². The lowest BCUT2D eigenvalue weighted by atomic mass is 10.0. The van der Waals surface area contributed by atoms with E-state index < -0.39 is 33.4 Å². The highest BCUT2D eigenvalue weighted by atomic mass is 32.2. The van der Waals surface area contributed by atoms with E-state index in [4.69, 9.17) is 4.74 Å². The molecule has 0 bridgehead atoms. The molecule has 9 nitrogen and oxygen atoms in total. The summed E-state index contributed by atoms with van der Waals surface area (Å²) in [5.41, 5.74) is 0.756. The number of hydrogen-bond acceptors (Lipinski definition) is 6. The molecule has 0 radical (unpaired) electrons. The Labute approximate surface area is 211 Å². The number of pyridine rings is 1. The summed E-state index contributed by atoms with van der Waals surface area (Å²) in [6.07, 6.45) is 1.72. The van der Waals surface area contributed by atoms with Crippen LogP contribution in [0.2, 0.25) is 0 Å². The predicted molar refractivity (Wildman–Crippen MR) is 137 cm³/mol. The number of benzene rings is 2. The second kappa shape index (κ2) is 11.3. The van der Waals surface area contributed by atoms with E-state index >= 15 is 0 Å². The Hall–Kier alpha value is -3.76. The van der Waals surface area contributed by atoms with Gasteiger partial charge in [0, 0.05) is 23.8 Å². The fraction of sp³-hybridized carbons (Fsp3) is 0.269. The second-order valence-electron chi connectivity index (χ2n) is 9.16. The molecular formula is C26H30N4O5S. The van der Waals surface area contributed by atoms with Crippen LogP contribution in [0.3, 0.4) is 0 Å². The van der Waals surface area contributed by atoms with E-state index in [0.29, 0.717) is 11.4 Å². The van der Waals surface area contributed by atoms with Crippen molar-refractivity contribution in [3.8, 4) is 5.75 Å². The van der Waals surface area contributed by atoms with Gasteiger partial charge in [-0.25, -0.2) is 13.1 Å². The molecule has 3 N–H and O–H groups in total. The van der Waals surface area contributed by atoms with Gasteiger partial charge in [0.2, 0.25) is 15.9 Å². The lowest BCUT2D eigenvalue weighted by molar-refractivity contribution is -0.118. The van der Waals surface area contributed by atoms with Gasteiger partial charge in [-0.3, -0.25) is 14.6 Å². The van der Waals surface area contributed by atoms with E-state index in [-0.39, 0.29) is 17.0 Å². The minimum atomic E-state index is -3.71. The lowest BCUT2D eigenvalue weighted by Crippen LogP contribution is -2.45. The van der Waals surface area contributed by atoms with E-state index in [1.165, 1.54) is 30.5 Å². The van der Waals surface area contributed by atoms with E-state index in [0.717, 1.165) is 5.56 Å². The smallest absolute Gasteiger partial charge is 0.270 e. The number of amides is 2. The predicted octanol–water partition coefficient (Wildman–Crippen LogP) is 3.15. The van der Waals surface area contributed by atoms with Crippen molar-refractivity contribution in [3.63, 3.8) is 0 Å². The summed E-state index contributed by atoms with van der Waals surface area (Å²) < 4.78 is 32.8. The molecule has 36 heavy (non-hydrogen) atoms. The third kappa shape index (κ3) is 7.62. The average Bonchev–Trinajstić information content (AvgIpc) is 2.83. The highest BCUT2D eigenvalue weighted by molar-refractivity contribution is 7.89. The van der Waals surface area contributed by atoms with Gasteiger partial charge in [-0.1, -0.05) is 18.2 Å². The molecule has 0 aliphatic heterocycles. The van der Waals surface area contributed by atoms with Crippen LogP contribution in [0.1, 0.15) is 36.8 Å². The molecule has 2 aromatic carbocycles. The van der Waals surface area contributed by atoms with Gasteiger partial charge in [0.1, 0.15) is 17.5 Å². The molecular weight excluding hydrogens is 480 g/mol. The van der Waals surface area contributed by atoms with Crippen LogP contribution in [0.25, 0.3) is 0 Å². The normalized spacial score (nSPS) is 12.4. The number of carbonyl (C=O) groups is 2. The highest BCUT2D eigenvalue weighted by Crippen LogP contribution is 2.18. The molecule has 0 aliphatic carbocycles. The van der Waals surface area contributed by atoms with Gasteiger partial charge in [-0.2, -0.15) is 0 Å². The quantitative estimate of drug-likeness (QED) is 0.406. The Kier molecular flexibility index (Phi) is 8.44. The maximum atomic E-state index is 13.2. The van der Waals surface area contributed by atoms with Crippen LogP contribution in [-0.4, -0.2) is 43.9 Å². The van der Waals surface area contributed by atoms with Gasteiger partial charge < -0.3 is 15.4 Å². The molecule has 1 aromatic heterocycles. The van der Waals surface area contributed by atoms with Gasteiger partial charge in [-0.15, -0.1) is 0 Å². The number of anilines is 1. The maximum Gasteiger partial charge on any atom is 0.270 e. The van der Waals surface area contributed by atoms with E-state index in [1.54, 1.807) is 58.2 Å². The maximum absolute atomic E-state index is 13.2. The van der Waals surface area contributed by atoms with Crippen molar-refractivity contribution in [2.75, 3.05) is 12.4 Å². The SMILES string of the molecule is COc1ccc(CC(NC(=O)c2ccccn2)C(=O)Nc2ccc(S(=O)(=O)NC(C)(C)C)cc2)cc1. The van der Waals surface area contributed by atoms with Crippen LogP contribution in [-0.2, 0) is 21.2 Å². The first-order valence-electron chi connectivity index (χ1n) is 11.3. The fourth-order valence-corrected chi connectivity index (χ4v) is 4.76. The summed E-state index contributed by atoms with van der Waals surface area (Å²) in [6, 6.07) is 17.0. The summed E-state index contributed by atoms with van der Waals surface area (Å²) in [6.45, 7) is 5.25. The first kappa shape index (κ1) is 26.8. The Morgan fingerprint density at radius 3 is 2.19 bits per heavy atom. The third-order valence-corrected chi connectivity index (χ3v) is 6.76. The van der Waals surface area contributed by atoms with E-state index in [2.05, 4.69) is 20.3 Å². The van der Waals surface area contributed by atoms with Crippen molar-refractivity contribution in [2.45, 2.75) is 43.7 Å². The zero-order valence-electron chi connectivity index (χ0n) is 20.6. The van der Waals surface area contributed by atoms with Crippen LogP contribution in [0.5, 0.6) is 5.75 Å². The Morgan fingerprint density at radius 1 is 0.972 bits per heavy atom. The van der Waals surface area contributed by atoms with Crippen molar-refractivity contribution in [1.29, 1.82) is 0 Å². The topological polar surface area (TPSA) is 126 Å². The molecule has 0 spiro atoms. The van der Waals surface area contributed by atoms with E-state index in [1.807, 2.05) is 12.1 Å². The first-order valence-corrected chi connectivity index (χ1v) is 12.7. The number of nitrogens with one attached hydrogen (secondary N) is 3. The minimum Gasteiger partial charge on any atom is -0.497 e. The van der Waals surface area contributed by atoms with Gasteiger partial charge in [0.05, 0.1) is 12.0 Å². The molecule has 1 heterocycles. The standard InChI is InChI=1S/C26H30N4O5S/c1-26(2,3)30-36(33,34)21-14-10-19(11-15-21)28-25(32)23(17-18-8-12-20(35-4)13-9-18)29-24(31)22-7-5-6-16-27-22/h5-16,23,30H,17H2,1-4H3,(H,28,32)(H,29,31). The summed E-state index contributed by atoms with van der Waals surface area (Å²) >= 11 is 0. The number of hydrogen-bond donors (Lipinski definition) is 3. The second-order valence-corrected chi connectivity index (χ2v) is 10.8. The Bertz CT molecular complexity index is 1290. The molecule has 3 rings (SSSR count). The van der Waals surface area contributed by atoms with Gasteiger partial charge >= 0.3 is 0 Å². The van der Waals surface area contributed by atoms with Crippen molar-refractivity contribution in [2.24, 2.45) is 0 Å². The molecule has 0 aliphatic rings. The molecule has 0 fully saturated rings. The summed E-state index contributed by atoms with van der Waals surface area (Å²) in [7, 11) is -2.15. The van der Waals surface area contributed by atoms with Crippen LogP contribution in [0.4, 0.5) is 5.69 Å². The molecule has 1 unspecified atom stereocenters. The van der Waals surface area contributed by atoms with Crippen molar-refractivity contribution in [3.05, 3.63) is 84.2 Å². The van der Waals surface area contributed by atoms with Crippen LogP contribution in [0.15, 0.2) is 77.8 Å². The zero-order valence-corrected chi connectivity index (χ0v) is 21.4. The van der Waals surface area contributed by atoms with Crippen LogP contribution >= 0.6 is 0 Å². The van der Waals surface area contributed by atoms with Crippen LogP contribution in [0, 0.1) is 0 Å². The number of sulfonamides is 1. The molecule has 0 saturated carbocycles. The number of aromatic nitrogens is 1. The molecule has 1 atom stereocenters. The number of carbonyl (C=O) groups excluding carboxylic acids is 2. The minimum absolute atomic E-state index is 0.0775. The average molecular weight is 511 g/mol. The zero-order chi connectivity index (χ0) is 26.3. The van der Waals surface area contributed by atoms with Gasteiger partial charge in [-0.05, 0) is 74.9 Å². The highest BCUT2D eigenvalue weighted by Gasteiger charge is 2.24. The third-order valence-electron chi connectivity index (χ3n) is 4.99. The molecule has 190 valence electrons. The van der Waals surface area contributed by atoms with E-state index in [9.17, 15) is 18.0 Å². The first-order chi connectivity index (χ1) is 17.0. The van der Waals surface area contributed by atoms with Crippen LogP contribution < -0.4 is 20.1 Å². The molecule has 3 aromatic rings. The Morgan fingerprint density at radius 2 is 1.64 bits per heavy atom. The summed E-state index contributed by atoms with van der Waals surface area (Å²) in [5.74, 6) is -0.272. The summed E-state index contributed by atoms with van der Waals surface area (Å²) in [4.78, 5) is 30.0. The molecule has 10 heteroatoms. The summed E-state index contributed by atoms with van der Waals surface area (Å²) in [5, 5.41) is 5.50. The molecule has 2 amide bonds. The number of nitrogens with zero attached hydrogens (tertiary/aromatic N) is 1. The number of ether oxygens (including phenoxy) is 1. The molecule has 0 saturated heterocycles. The number of rotatable bonds is 9. The van der Waals surface area contributed by atoms with Crippen molar-refractivity contribution >= 4 is 27.5 Å². The fourth-order valence-electron chi connectivity index (χ4n) is 3.34. The lowest BCUT2D eigenvalue weighted by Gasteiger charge is -2.21. The number of methoxy groups -OCH3 is 1. The Balaban J connectivity index is 1.78. The van der Waals surface area contributed by atoms with Crippen molar-refractivity contribution in [1.82, 2.24) is 15.0 Å². The van der Waals surface area contributed by atoms with Gasteiger partial charge in [0.25, 0.3) is 5.91 Å². The largest absolute Gasteiger partial charge is 0.497 e.